The van der Waals surface area contributed by atoms with Crippen LogP contribution in [0.5, 0.6) is 0 Å². The average molecular weight is 493 g/mol. The SMILES string of the molecule is CC1C2C(c3ccc(CO)cc3)=CC(C3C(=O)N(C)C(=O)C23)N1Cc1sc2ccccc2c1Cl. The highest BCUT2D eigenvalue weighted by atomic mass is 35.5. The summed E-state index contributed by atoms with van der Waals surface area (Å²) in [4.78, 5) is 31.2. The Labute approximate surface area is 207 Å². The van der Waals surface area contributed by atoms with Crippen molar-refractivity contribution >= 4 is 50.4 Å². The standard InChI is InChI=1S/C27H25ClN2O3S/c1-14-22-18(16-9-7-15(13-31)8-10-16)11-19(23-24(22)27(33)29(2)26(23)32)30(14)12-21-25(28)17-5-3-4-6-20(17)34-21/h3-11,14,19,22-24,31H,12-13H2,1-2H3. The van der Waals surface area contributed by atoms with E-state index in [9.17, 15) is 14.7 Å². The van der Waals surface area contributed by atoms with Gasteiger partial charge in [-0.15, -0.1) is 11.3 Å². The van der Waals surface area contributed by atoms with Crippen molar-refractivity contribution in [3.63, 3.8) is 0 Å². The Morgan fingerprint density at radius 2 is 1.71 bits per heavy atom. The molecule has 34 heavy (non-hydrogen) atoms. The highest BCUT2D eigenvalue weighted by molar-refractivity contribution is 7.19. The molecule has 3 aliphatic heterocycles. The molecule has 0 spiro atoms. The number of nitrogens with zero attached hydrogens (tertiary/aromatic N) is 2. The van der Waals surface area contributed by atoms with Crippen molar-refractivity contribution in [3.05, 3.63) is 75.6 Å². The monoisotopic (exact) mass is 492 g/mol. The molecular weight excluding hydrogens is 468 g/mol. The molecule has 2 saturated heterocycles. The van der Waals surface area contributed by atoms with Crippen LogP contribution in [0.1, 0.15) is 22.9 Å². The van der Waals surface area contributed by atoms with E-state index in [-0.39, 0.29) is 48.3 Å². The largest absolute Gasteiger partial charge is 0.392 e. The highest BCUT2D eigenvalue weighted by Crippen LogP contribution is 2.54. The number of thiophene rings is 1. The molecule has 1 aromatic heterocycles. The number of rotatable bonds is 4. The van der Waals surface area contributed by atoms with Crippen molar-refractivity contribution in [1.29, 1.82) is 0 Å². The number of amides is 2. The summed E-state index contributed by atoms with van der Waals surface area (Å²) >= 11 is 8.48. The van der Waals surface area contributed by atoms with Crippen LogP contribution in [0.2, 0.25) is 5.02 Å². The average Bonchev–Trinajstić information content (AvgIpc) is 3.30. The fourth-order valence-corrected chi connectivity index (χ4v) is 7.70. The molecule has 2 bridgehead atoms. The van der Waals surface area contributed by atoms with Gasteiger partial charge >= 0.3 is 0 Å². The maximum absolute atomic E-state index is 13.2. The fourth-order valence-electron chi connectivity index (χ4n) is 6.20. The lowest BCUT2D eigenvalue weighted by Gasteiger charge is -2.53. The van der Waals surface area contributed by atoms with Crippen LogP contribution >= 0.6 is 22.9 Å². The first kappa shape index (κ1) is 22.0. The van der Waals surface area contributed by atoms with Gasteiger partial charge in [0.15, 0.2) is 0 Å². The molecule has 1 N–H and O–H groups in total. The first-order valence-corrected chi connectivity index (χ1v) is 12.7. The van der Waals surface area contributed by atoms with Crippen LogP contribution in [0.15, 0.2) is 54.6 Å². The van der Waals surface area contributed by atoms with Crippen LogP contribution in [-0.4, -0.2) is 45.9 Å². The Hall–Kier alpha value is -2.51. The molecule has 3 aromatic rings. The summed E-state index contributed by atoms with van der Waals surface area (Å²) in [5.74, 6) is -0.967. The summed E-state index contributed by atoms with van der Waals surface area (Å²) in [5.41, 5.74) is 3.02. The zero-order valence-electron chi connectivity index (χ0n) is 18.9. The third kappa shape index (κ3) is 3.06. The van der Waals surface area contributed by atoms with Gasteiger partial charge in [-0.3, -0.25) is 19.4 Å². The van der Waals surface area contributed by atoms with Crippen LogP contribution in [0, 0.1) is 17.8 Å². The van der Waals surface area contributed by atoms with E-state index >= 15 is 0 Å². The Kier molecular flexibility index (Phi) is 5.19. The minimum absolute atomic E-state index is 0.00598. The van der Waals surface area contributed by atoms with Crippen LogP contribution in [0.4, 0.5) is 0 Å². The summed E-state index contributed by atoms with van der Waals surface area (Å²) in [5, 5.41) is 11.3. The molecule has 7 heteroatoms. The fraction of sp³-hybridized carbons (Fsp3) is 0.333. The molecule has 174 valence electrons. The Balaban J connectivity index is 1.44. The molecule has 1 aliphatic carbocycles. The van der Waals surface area contributed by atoms with Crippen molar-refractivity contribution in [3.8, 4) is 0 Å². The van der Waals surface area contributed by atoms with Crippen molar-refractivity contribution in [2.45, 2.75) is 32.2 Å². The second-order valence-corrected chi connectivity index (χ2v) is 11.0. The number of piperidine rings is 1. The zero-order valence-corrected chi connectivity index (χ0v) is 20.5. The Morgan fingerprint density at radius 3 is 2.41 bits per heavy atom. The first-order valence-electron chi connectivity index (χ1n) is 11.6. The van der Waals surface area contributed by atoms with Gasteiger partial charge in [0, 0.05) is 46.6 Å². The summed E-state index contributed by atoms with van der Waals surface area (Å²) < 4.78 is 1.15. The van der Waals surface area contributed by atoms with Crippen LogP contribution in [0.25, 0.3) is 15.7 Å². The zero-order chi connectivity index (χ0) is 23.7. The van der Waals surface area contributed by atoms with Gasteiger partial charge in [-0.05, 0) is 29.7 Å². The predicted octanol–water partition coefficient (Wildman–Crippen LogP) is 4.56. The van der Waals surface area contributed by atoms with Crippen LogP contribution in [-0.2, 0) is 22.7 Å². The molecule has 5 unspecified atom stereocenters. The lowest BCUT2D eigenvalue weighted by Crippen LogP contribution is -2.61. The molecule has 2 aromatic carbocycles. The number of carbonyl (C=O) groups is 2. The molecule has 0 radical (unpaired) electrons. The van der Waals surface area contributed by atoms with E-state index < -0.39 is 0 Å². The molecule has 4 aliphatic rings. The smallest absolute Gasteiger partial charge is 0.234 e. The van der Waals surface area contributed by atoms with Crippen molar-refractivity contribution in [2.75, 3.05) is 7.05 Å². The van der Waals surface area contributed by atoms with E-state index in [1.54, 1.807) is 18.4 Å². The highest BCUT2D eigenvalue weighted by Gasteiger charge is 2.62. The minimum Gasteiger partial charge on any atom is -0.392 e. The molecule has 5 atom stereocenters. The quantitative estimate of drug-likeness (QED) is 0.542. The van der Waals surface area contributed by atoms with Gasteiger partial charge in [-0.1, -0.05) is 60.1 Å². The van der Waals surface area contributed by atoms with Crippen molar-refractivity contribution in [2.24, 2.45) is 17.8 Å². The van der Waals surface area contributed by atoms with Crippen molar-refractivity contribution < 1.29 is 14.7 Å². The molecular formula is C27H25ClN2O3S. The molecule has 7 rings (SSSR count). The lowest BCUT2D eigenvalue weighted by atomic mass is 9.62. The predicted molar refractivity (Wildman–Crippen MR) is 134 cm³/mol. The van der Waals surface area contributed by atoms with E-state index in [2.05, 4.69) is 24.0 Å². The first-order chi connectivity index (χ1) is 16.4. The summed E-state index contributed by atoms with van der Waals surface area (Å²) in [7, 11) is 1.61. The number of likely N-dealkylation sites (tertiary alicyclic amines) is 1. The van der Waals surface area contributed by atoms with Gasteiger partial charge in [0.25, 0.3) is 0 Å². The maximum Gasteiger partial charge on any atom is 0.234 e. The topological polar surface area (TPSA) is 60.9 Å². The number of aliphatic hydroxyl groups excluding tert-OH is 1. The molecule has 2 amide bonds. The lowest BCUT2D eigenvalue weighted by molar-refractivity contribution is -0.138. The van der Waals surface area contributed by atoms with Crippen LogP contribution in [0.3, 0.4) is 0 Å². The second kappa shape index (κ2) is 8.02. The third-order valence-corrected chi connectivity index (χ3v) is 9.61. The van der Waals surface area contributed by atoms with E-state index in [0.29, 0.717) is 6.54 Å². The molecule has 0 saturated carbocycles. The van der Waals surface area contributed by atoms with Gasteiger partial charge in [0.1, 0.15) is 0 Å². The number of fused-ring (bicyclic) bond motifs is 2. The minimum atomic E-state index is -0.368. The van der Waals surface area contributed by atoms with E-state index in [4.69, 9.17) is 11.6 Å². The number of aliphatic hydroxyl groups is 1. The van der Waals surface area contributed by atoms with E-state index in [0.717, 1.165) is 36.7 Å². The van der Waals surface area contributed by atoms with E-state index in [1.807, 2.05) is 42.5 Å². The number of carbonyl (C=O) groups excluding carboxylic acids is 2. The number of imide groups is 1. The summed E-state index contributed by atoms with van der Waals surface area (Å²) in [6.45, 7) is 2.80. The van der Waals surface area contributed by atoms with Gasteiger partial charge in [-0.2, -0.15) is 0 Å². The second-order valence-electron chi connectivity index (χ2n) is 9.53. The van der Waals surface area contributed by atoms with E-state index in [1.165, 1.54) is 4.90 Å². The summed E-state index contributed by atoms with van der Waals surface area (Å²) in [6, 6.07) is 15.9. The normalized spacial score (nSPS) is 28.6. The molecule has 4 heterocycles. The number of hydrogen-bond donors (Lipinski definition) is 1. The van der Waals surface area contributed by atoms with Gasteiger partial charge in [-0.25, -0.2) is 0 Å². The Bertz CT molecular complexity index is 1350. The number of halogens is 1. The van der Waals surface area contributed by atoms with Crippen LogP contribution < -0.4 is 0 Å². The molecule has 2 fully saturated rings. The molecule has 5 nitrogen and oxygen atoms in total. The number of hydrogen-bond acceptors (Lipinski definition) is 5. The number of benzene rings is 2. The van der Waals surface area contributed by atoms with Gasteiger partial charge < -0.3 is 5.11 Å². The third-order valence-electron chi connectivity index (χ3n) is 7.91. The van der Waals surface area contributed by atoms with Gasteiger partial charge in [0.05, 0.1) is 23.5 Å². The summed E-state index contributed by atoms with van der Waals surface area (Å²) in [6.07, 6.45) is 2.20. The van der Waals surface area contributed by atoms with Crippen molar-refractivity contribution in [1.82, 2.24) is 9.80 Å². The van der Waals surface area contributed by atoms with Gasteiger partial charge in [0.2, 0.25) is 11.8 Å². The Morgan fingerprint density at radius 1 is 1.00 bits per heavy atom. The maximum atomic E-state index is 13.2.